The average Bonchev–Trinajstić information content (AvgIpc) is 3.24. The van der Waals surface area contributed by atoms with Crippen LogP contribution < -0.4 is 5.01 Å². The maximum Gasteiger partial charge on any atom is 0.192 e. The van der Waals surface area contributed by atoms with E-state index in [1.807, 2.05) is 205 Å². The number of carbonyl (C=O) groups excluding carboxylic acids is 2. The van der Waals surface area contributed by atoms with Gasteiger partial charge in [0, 0.05) is 22.3 Å². The first kappa shape index (κ1) is 32.3. The fraction of sp³-hybridized carbons (Fsp3) is 0.0208. The van der Waals surface area contributed by atoms with E-state index < -0.39 is 5.92 Å². The van der Waals surface area contributed by atoms with Crippen molar-refractivity contribution < 1.29 is 9.59 Å². The number of hydrogen-bond donors (Lipinski definition) is 0. The summed E-state index contributed by atoms with van der Waals surface area (Å²) in [6.45, 7) is 0. The molecule has 248 valence electrons. The largest absolute Gasteiger partial charge is 0.293 e. The Morgan fingerprint density at radius 2 is 0.788 bits per heavy atom. The Morgan fingerprint density at radius 3 is 1.27 bits per heavy atom. The Balaban J connectivity index is 1.35. The summed E-state index contributed by atoms with van der Waals surface area (Å²) in [5.74, 6) is -1.43. The number of benzene rings is 7. The molecule has 1 aliphatic rings. The molecule has 4 nitrogen and oxygen atoms in total. The van der Waals surface area contributed by atoms with E-state index in [9.17, 15) is 0 Å². The molecule has 0 saturated heterocycles. The van der Waals surface area contributed by atoms with Gasteiger partial charge in [-0.2, -0.15) is 5.10 Å². The van der Waals surface area contributed by atoms with Gasteiger partial charge in [0.25, 0.3) is 0 Å². The van der Waals surface area contributed by atoms with Crippen molar-refractivity contribution in [2.45, 2.75) is 0 Å². The Morgan fingerprint density at radius 1 is 0.404 bits per heavy atom. The molecular formula is C48H34N2O2. The summed E-state index contributed by atoms with van der Waals surface area (Å²) >= 11 is 0. The van der Waals surface area contributed by atoms with Crippen molar-refractivity contribution in [1.29, 1.82) is 0 Å². The van der Waals surface area contributed by atoms with Crippen LogP contribution in [0, 0.1) is 5.92 Å². The molecule has 0 bridgehead atoms. The van der Waals surface area contributed by atoms with Crippen molar-refractivity contribution in [3.63, 3.8) is 0 Å². The number of rotatable bonds is 9. The number of nitrogens with zero attached hydrogens (tertiary/aromatic N) is 2. The minimum Gasteiger partial charge on any atom is -0.293 e. The Hall–Kier alpha value is -6.91. The zero-order chi connectivity index (χ0) is 35.3. The number of allylic oxidation sites excluding steroid dienone is 1. The molecule has 1 atom stereocenters. The molecule has 0 radical (unpaired) electrons. The van der Waals surface area contributed by atoms with Crippen LogP contribution in [-0.4, -0.2) is 17.3 Å². The van der Waals surface area contributed by atoms with Gasteiger partial charge in [-0.05, 0) is 39.9 Å². The van der Waals surface area contributed by atoms with Crippen molar-refractivity contribution in [3.8, 4) is 22.3 Å². The van der Waals surface area contributed by atoms with Gasteiger partial charge in [-0.1, -0.05) is 188 Å². The summed E-state index contributed by atoms with van der Waals surface area (Å²) in [6.07, 6.45) is 0. The normalized spacial score (nSPS) is 14.1. The zero-order valence-electron chi connectivity index (χ0n) is 28.3. The van der Waals surface area contributed by atoms with Crippen molar-refractivity contribution in [2.75, 3.05) is 5.01 Å². The molecule has 1 heterocycles. The summed E-state index contributed by atoms with van der Waals surface area (Å²) in [4.78, 5) is 30.4. The molecule has 7 aromatic rings. The Bertz CT molecular complexity index is 2390. The van der Waals surface area contributed by atoms with Gasteiger partial charge in [0.15, 0.2) is 11.6 Å². The van der Waals surface area contributed by atoms with Crippen molar-refractivity contribution in [2.24, 2.45) is 11.0 Å². The summed E-state index contributed by atoms with van der Waals surface area (Å²) in [6, 6.07) is 64.7. The molecule has 0 spiro atoms. The van der Waals surface area contributed by atoms with Crippen LogP contribution in [0.15, 0.2) is 211 Å². The highest BCUT2D eigenvalue weighted by Gasteiger charge is 2.42. The highest BCUT2D eigenvalue weighted by atomic mass is 16.1. The predicted molar refractivity (Wildman–Crippen MR) is 211 cm³/mol. The van der Waals surface area contributed by atoms with Gasteiger partial charge in [-0.15, -0.1) is 0 Å². The van der Waals surface area contributed by atoms with Crippen LogP contribution in [0.4, 0.5) is 5.69 Å². The van der Waals surface area contributed by atoms with E-state index in [4.69, 9.17) is 5.10 Å². The second kappa shape index (κ2) is 14.5. The Kier molecular flexibility index (Phi) is 9.02. The minimum atomic E-state index is -0.999. The standard InChI is InChI=1S/C48H34N2O2/c51-47(40-30-26-36(27-31-40)34-16-6-1-7-17-34)43-44(48(52)41-32-28-37(29-33-41)35-18-8-2-9-19-35)46(39-22-12-4-13-23-39)50(42-24-14-5-15-25-42)49-45(43)38-20-10-3-11-21-38/h1-33,43H. The summed E-state index contributed by atoms with van der Waals surface area (Å²) in [7, 11) is 0. The van der Waals surface area contributed by atoms with Crippen LogP contribution in [0.25, 0.3) is 28.0 Å². The fourth-order valence-corrected chi connectivity index (χ4v) is 6.78. The number of hydrazone groups is 1. The second-order valence-corrected chi connectivity index (χ2v) is 12.6. The lowest BCUT2D eigenvalue weighted by atomic mass is 9.77. The van der Waals surface area contributed by atoms with Gasteiger partial charge in [0.2, 0.25) is 0 Å². The highest BCUT2D eigenvalue weighted by molar-refractivity contribution is 6.30. The molecule has 1 unspecified atom stereocenters. The molecule has 52 heavy (non-hydrogen) atoms. The van der Waals surface area contributed by atoms with Crippen LogP contribution in [0.5, 0.6) is 0 Å². The third-order valence-electron chi connectivity index (χ3n) is 9.39. The van der Waals surface area contributed by atoms with Crippen LogP contribution in [0.2, 0.25) is 0 Å². The van der Waals surface area contributed by atoms with Crippen molar-refractivity contribution in [1.82, 2.24) is 0 Å². The highest BCUT2D eigenvalue weighted by Crippen LogP contribution is 2.41. The maximum absolute atomic E-state index is 15.3. The molecule has 0 amide bonds. The third kappa shape index (κ3) is 6.41. The first-order chi connectivity index (χ1) is 25.7. The molecule has 1 aliphatic heterocycles. The van der Waals surface area contributed by atoms with E-state index in [1.54, 1.807) is 0 Å². The first-order valence-corrected chi connectivity index (χ1v) is 17.3. The number of anilines is 1. The summed E-state index contributed by atoms with van der Waals surface area (Å²) < 4.78 is 0. The fourth-order valence-electron chi connectivity index (χ4n) is 6.78. The van der Waals surface area contributed by atoms with E-state index in [-0.39, 0.29) is 11.6 Å². The molecule has 4 heteroatoms. The lowest BCUT2D eigenvalue weighted by Crippen LogP contribution is -2.39. The quantitative estimate of drug-likeness (QED) is 0.144. The van der Waals surface area contributed by atoms with Gasteiger partial charge in [-0.3, -0.25) is 9.59 Å². The number of hydrogen-bond acceptors (Lipinski definition) is 4. The maximum atomic E-state index is 15.3. The van der Waals surface area contributed by atoms with E-state index in [0.29, 0.717) is 28.1 Å². The van der Waals surface area contributed by atoms with Gasteiger partial charge in [0.1, 0.15) is 0 Å². The molecule has 0 saturated carbocycles. The monoisotopic (exact) mass is 670 g/mol. The minimum absolute atomic E-state index is 0.201. The smallest absolute Gasteiger partial charge is 0.192 e. The summed E-state index contributed by atoms with van der Waals surface area (Å²) in [5.41, 5.74) is 8.88. The number of para-hydroxylation sites is 1. The topological polar surface area (TPSA) is 49.7 Å². The molecule has 7 aromatic carbocycles. The number of ketones is 2. The molecule has 0 aliphatic carbocycles. The lowest BCUT2D eigenvalue weighted by molar-refractivity contribution is 0.0935. The van der Waals surface area contributed by atoms with Crippen LogP contribution in [0.3, 0.4) is 0 Å². The van der Waals surface area contributed by atoms with Crippen LogP contribution >= 0.6 is 0 Å². The van der Waals surface area contributed by atoms with E-state index in [2.05, 4.69) is 0 Å². The van der Waals surface area contributed by atoms with Crippen LogP contribution in [0.1, 0.15) is 31.8 Å². The lowest BCUT2D eigenvalue weighted by Gasteiger charge is -2.35. The predicted octanol–water partition coefficient (Wildman–Crippen LogP) is 11.0. The van der Waals surface area contributed by atoms with Gasteiger partial charge >= 0.3 is 0 Å². The average molecular weight is 671 g/mol. The molecule has 8 rings (SSSR count). The van der Waals surface area contributed by atoms with Crippen molar-refractivity contribution in [3.05, 3.63) is 228 Å². The van der Waals surface area contributed by atoms with Crippen molar-refractivity contribution >= 4 is 28.7 Å². The second-order valence-electron chi connectivity index (χ2n) is 12.6. The number of Topliss-reactive ketones (excluding diaryl/α,β-unsaturated/α-hetero) is 2. The number of carbonyl (C=O) groups is 2. The molecule has 0 N–H and O–H groups in total. The molecule has 0 aromatic heterocycles. The Labute approximate surface area is 303 Å². The van der Waals surface area contributed by atoms with Gasteiger partial charge in [-0.25, -0.2) is 5.01 Å². The first-order valence-electron chi connectivity index (χ1n) is 17.3. The SMILES string of the molecule is O=C(C1=C(c2ccccc2)N(c2ccccc2)N=C(c2ccccc2)C1C(=O)c1ccc(-c2ccccc2)cc1)c1ccc(-c2ccccc2)cc1. The van der Waals surface area contributed by atoms with E-state index in [0.717, 1.165) is 39.1 Å². The summed E-state index contributed by atoms with van der Waals surface area (Å²) in [5, 5.41) is 7.10. The zero-order valence-corrected chi connectivity index (χ0v) is 28.3. The van der Waals surface area contributed by atoms with E-state index >= 15 is 9.59 Å². The van der Waals surface area contributed by atoms with Crippen LogP contribution in [-0.2, 0) is 0 Å². The van der Waals surface area contributed by atoms with Gasteiger partial charge in [0.05, 0.1) is 23.0 Å². The van der Waals surface area contributed by atoms with Gasteiger partial charge < -0.3 is 0 Å². The third-order valence-corrected chi connectivity index (χ3v) is 9.39. The molecular weight excluding hydrogens is 637 g/mol. The van der Waals surface area contributed by atoms with E-state index in [1.165, 1.54) is 0 Å². The molecule has 0 fully saturated rings.